The van der Waals surface area contributed by atoms with Gasteiger partial charge >= 0.3 is 5.97 Å². The van der Waals surface area contributed by atoms with Crippen molar-refractivity contribution < 1.29 is 9.90 Å². The minimum Gasteiger partial charge on any atom is -0.478 e. The Labute approximate surface area is 106 Å². The van der Waals surface area contributed by atoms with Crippen LogP contribution in [0.5, 0.6) is 0 Å². The van der Waals surface area contributed by atoms with Gasteiger partial charge in [0.15, 0.2) is 5.82 Å². The summed E-state index contributed by atoms with van der Waals surface area (Å²) in [7, 11) is 0. The molecule has 2 rings (SSSR count). The van der Waals surface area contributed by atoms with E-state index in [9.17, 15) is 9.90 Å². The maximum Gasteiger partial charge on any atom is 0.339 e. The highest BCUT2D eigenvalue weighted by Crippen LogP contribution is 2.24. The van der Waals surface area contributed by atoms with Gasteiger partial charge in [0.05, 0.1) is 5.69 Å². The van der Waals surface area contributed by atoms with Gasteiger partial charge < -0.3 is 10.0 Å². The second-order valence-electron chi connectivity index (χ2n) is 4.67. The Morgan fingerprint density at radius 3 is 2.67 bits per heavy atom. The minimum atomic E-state index is -0.937. The molecule has 1 N–H and O–H groups in total. The molecule has 18 heavy (non-hydrogen) atoms. The van der Waals surface area contributed by atoms with E-state index in [1.165, 1.54) is 5.57 Å². The smallest absolute Gasteiger partial charge is 0.339 e. The van der Waals surface area contributed by atoms with Crippen LogP contribution in [0.4, 0.5) is 5.82 Å². The van der Waals surface area contributed by atoms with Crippen molar-refractivity contribution in [3.63, 3.8) is 0 Å². The Hall–Kier alpha value is -1.91. The largest absolute Gasteiger partial charge is 0.478 e. The van der Waals surface area contributed by atoms with Crippen molar-refractivity contribution >= 4 is 11.8 Å². The number of aromatic nitrogens is 2. The number of hydrogen-bond donors (Lipinski definition) is 1. The average Bonchev–Trinajstić information content (AvgIpc) is 2.32. The molecule has 0 aromatic carbocycles. The van der Waals surface area contributed by atoms with Crippen LogP contribution in [0.25, 0.3) is 0 Å². The normalized spacial score (nSPS) is 15.5. The molecule has 1 aliphatic rings. The molecule has 5 heteroatoms. The molecule has 1 aromatic heterocycles. The quantitative estimate of drug-likeness (QED) is 0.809. The van der Waals surface area contributed by atoms with Crippen LogP contribution in [0.3, 0.4) is 0 Å². The lowest BCUT2D eigenvalue weighted by Gasteiger charge is -2.28. The van der Waals surface area contributed by atoms with Crippen LogP contribution in [0.1, 0.15) is 35.0 Å². The summed E-state index contributed by atoms with van der Waals surface area (Å²) in [4.78, 5) is 13.4. The summed E-state index contributed by atoms with van der Waals surface area (Å²) < 4.78 is 0. The van der Waals surface area contributed by atoms with Crippen LogP contribution in [0.15, 0.2) is 11.6 Å². The molecule has 0 spiro atoms. The minimum absolute atomic E-state index is 0.275. The number of hydrogen-bond acceptors (Lipinski definition) is 4. The van der Waals surface area contributed by atoms with Crippen LogP contribution >= 0.6 is 0 Å². The van der Waals surface area contributed by atoms with Crippen LogP contribution < -0.4 is 4.90 Å². The van der Waals surface area contributed by atoms with Gasteiger partial charge in [-0.3, -0.25) is 0 Å². The van der Waals surface area contributed by atoms with E-state index >= 15 is 0 Å². The second-order valence-corrected chi connectivity index (χ2v) is 4.67. The molecular formula is C13H17N3O2. The van der Waals surface area contributed by atoms with Crippen molar-refractivity contribution in [2.75, 3.05) is 18.0 Å². The summed E-state index contributed by atoms with van der Waals surface area (Å²) in [6, 6.07) is 0. The third kappa shape index (κ3) is 2.20. The van der Waals surface area contributed by atoms with Gasteiger partial charge in [-0.05, 0) is 32.8 Å². The van der Waals surface area contributed by atoms with E-state index in [0.29, 0.717) is 17.1 Å². The van der Waals surface area contributed by atoms with Crippen molar-refractivity contribution in [1.29, 1.82) is 0 Å². The third-order valence-electron chi connectivity index (χ3n) is 3.28. The maximum absolute atomic E-state index is 11.4. The number of anilines is 1. The zero-order chi connectivity index (χ0) is 13.3. The Bertz CT molecular complexity index is 523. The molecule has 96 valence electrons. The van der Waals surface area contributed by atoms with Gasteiger partial charge in [-0.25, -0.2) is 4.79 Å². The fourth-order valence-electron chi connectivity index (χ4n) is 2.17. The molecule has 0 saturated heterocycles. The first kappa shape index (κ1) is 12.5. The summed E-state index contributed by atoms with van der Waals surface area (Å²) in [6.07, 6.45) is 3.09. The van der Waals surface area contributed by atoms with Gasteiger partial charge in [-0.1, -0.05) is 11.6 Å². The van der Waals surface area contributed by atoms with E-state index in [-0.39, 0.29) is 5.56 Å². The van der Waals surface area contributed by atoms with Crippen LogP contribution in [0.2, 0.25) is 0 Å². The Balaban J connectivity index is 2.48. The Morgan fingerprint density at radius 1 is 1.33 bits per heavy atom. The molecule has 0 fully saturated rings. The van der Waals surface area contributed by atoms with Gasteiger partial charge in [0.1, 0.15) is 5.56 Å². The van der Waals surface area contributed by atoms with Gasteiger partial charge in [0, 0.05) is 13.1 Å². The molecule has 1 aromatic rings. The molecule has 0 amide bonds. The van der Waals surface area contributed by atoms with Gasteiger partial charge in [0.25, 0.3) is 0 Å². The molecule has 0 unspecified atom stereocenters. The SMILES string of the molecule is CC1=CCCN(c2nnc(C)c(C)c2C(=O)O)C1. The van der Waals surface area contributed by atoms with E-state index in [4.69, 9.17) is 0 Å². The zero-order valence-electron chi connectivity index (χ0n) is 10.9. The Morgan fingerprint density at radius 2 is 2.06 bits per heavy atom. The highest BCUT2D eigenvalue weighted by molar-refractivity contribution is 5.95. The molecule has 0 radical (unpaired) electrons. The highest BCUT2D eigenvalue weighted by Gasteiger charge is 2.23. The van der Waals surface area contributed by atoms with E-state index < -0.39 is 5.97 Å². The van der Waals surface area contributed by atoms with Crippen molar-refractivity contribution in [3.8, 4) is 0 Å². The fourth-order valence-corrected chi connectivity index (χ4v) is 2.17. The zero-order valence-corrected chi connectivity index (χ0v) is 10.9. The van der Waals surface area contributed by atoms with Gasteiger partial charge in [-0.15, -0.1) is 5.10 Å². The van der Waals surface area contributed by atoms with Crippen molar-refractivity contribution in [2.24, 2.45) is 0 Å². The van der Waals surface area contributed by atoms with Crippen LogP contribution in [-0.2, 0) is 0 Å². The number of aromatic carboxylic acids is 1. The molecule has 0 atom stereocenters. The van der Waals surface area contributed by atoms with Crippen LogP contribution in [0, 0.1) is 13.8 Å². The second kappa shape index (κ2) is 4.76. The first-order valence-electron chi connectivity index (χ1n) is 5.98. The highest BCUT2D eigenvalue weighted by atomic mass is 16.4. The first-order valence-corrected chi connectivity index (χ1v) is 5.98. The fraction of sp³-hybridized carbons (Fsp3) is 0.462. The summed E-state index contributed by atoms with van der Waals surface area (Å²) in [5, 5.41) is 17.5. The van der Waals surface area contributed by atoms with E-state index in [2.05, 4.69) is 16.3 Å². The topological polar surface area (TPSA) is 66.3 Å². The Kier molecular flexibility index (Phi) is 3.32. The van der Waals surface area contributed by atoms with Crippen LogP contribution in [-0.4, -0.2) is 34.4 Å². The predicted molar refractivity (Wildman–Crippen MR) is 69.1 cm³/mol. The lowest BCUT2D eigenvalue weighted by atomic mass is 10.1. The number of carboxylic acid groups (broad SMARTS) is 1. The number of carbonyl (C=O) groups is 1. The lowest BCUT2D eigenvalue weighted by Crippen LogP contribution is -2.32. The summed E-state index contributed by atoms with van der Waals surface area (Å²) in [6.45, 7) is 7.11. The monoisotopic (exact) mass is 247 g/mol. The number of rotatable bonds is 2. The van der Waals surface area contributed by atoms with Gasteiger partial charge in [-0.2, -0.15) is 5.10 Å². The van der Waals surface area contributed by atoms with Crippen molar-refractivity contribution in [3.05, 3.63) is 28.5 Å². The summed E-state index contributed by atoms with van der Waals surface area (Å²) in [5.41, 5.74) is 2.87. The first-order chi connectivity index (χ1) is 8.50. The van der Waals surface area contributed by atoms with Gasteiger partial charge in [0.2, 0.25) is 0 Å². The maximum atomic E-state index is 11.4. The standard InChI is InChI=1S/C13H17N3O2/c1-8-5-4-6-16(7-8)12-11(13(17)18)9(2)10(3)14-15-12/h5H,4,6-7H2,1-3H3,(H,17,18). The number of nitrogens with zero attached hydrogens (tertiary/aromatic N) is 3. The van der Waals surface area contributed by atoms with E-state index in [1.54, 1.807) is 13.8 Å². The molecule has 5 nitrogen and oxygen atoms in total. The number of aryl methyl sites for hydroxylation is 1. The molecular weight excluding hydrogens is 230 g/mol. The molecule has 0 bridgehead atoms. The van der Waals surface area contributed by atoms with E-state index in [0.717, 1.165) is 19.5 Å². The number of carboxylic acids is 1. The summed E-state index contributed by atoms with van der Waals surface area (Å²) in [5.74, 6) is -0.453. The molecule has 1 aliphatic heterocycles. The van der Waals surface area contributed by atoms with E-state index in [1.807, 2.05) is 11.8 Å². The predicted octanol–water partition coefficient (Wildman–Crippen LogP) is 1.95. The van der Waals surface area contributed by atoms with Crippen molar-refractivity contribution in [1.82, 2.24) is 10.2 Å². The van der Waals surface area contributed by atoms with Crippen molar-refractivity contribution in [2.45, 2.75) is 27.2 Å². The average molecular weight is 247 g/mol. The molecule has 0 aliphatic carbocycles. The summed E-state index contributed by atoms with van der Waals surface area (Å²) >= 11 is 0. The molecule has 2 heterocycles. The molecule has 0 saturated carbocycles. The third-order valence-corrected chi connectivity index (χ3v) is 3.28. The lowest BCUT2D eigenvalue weighted by molar-refractivity contribution is 0.0696.